The average Bonchev–Trinajstić information content (AvgIpc) is 3.04. The van der Waals surface area contributed by atoms with E-state index in [-0.39, 0.29) is 17.7 Å². The number of aliphatic hydroxyl groups excluding tert-OH is 2. The van der Waals surface area contributed by atoms with Gasteiger partial charge in [0.1, 0.15) is 48.6 Å². The van der Waals surface area contributed by atoms with Gasteiger partial charge in [0.15, 0.2) is 0 Å². The van der Waals surface area contributed by atoms with Crippen LogP contribution in [0.15, 0.2) is 97.1 Å². The number of aliphatic hydroxyl groups is 3. The van der Waals surface area contributed by atoms with E-state index in [1.165, 1.54) is 24.3 Å². The van der Waals surface area contributed by atoms with Crippen molar-refractivity contribution in [2.45, 2.75) is 23.9 Å². The summed E-state index contributed by atoms with van der Waals surface area (Å²) < 4.78 is 25.2. The highest BCUT2D eigenvalue weighted by molar-refractivity contribution is 5.89. The molecule has 0 bridgehead atoms. The molecule has 10 nitrogen and oxygen atoms in total. The van der Waals surface area contributed by atoms with Crippen molar-refractivity contribution < 1.29 is 50.7 Å². The summed E-state index contributed by atoms with van der Waals surface area (Å²) >= 11 is 0. The van der Waals surface area contributed by atoms with Crippen LogP contribution in [-0.4, -0.2) is 81.2 Å². The summed E-state index contributed by atoms with van der Waals surface area (Å²) in [4.78, 5) is 22.1. The van der Waals surface area contributed by atoms with Crippen molar-refractivity contribution >= 4 is 11.9 Å². The van der Waals surface area contributed by atoms with E-state index in [0.717, 1.165) is 22.3 Å². The molecule has 1 heterocycles. The SMILES string of the molecule is [2H]C1O[C@H](COc2ccc(-c3ccc(C(=O)O)cc3)cc2)[C@@H](O)[C@H](O)[C@]1(O)COc1ccc(-c2ccc(C(=O)O)cc2)cc1. The fourth-order valence-electron chi connectivity index (χ4n) is 4.59. The van der Waals surface area contributed by atoms with Crippen LogP contribution in [-0.2, 0) is 4.74 Å². The van der Waals surface area contributed by atoms with Crippen molar-refractivity contribution in [3.05, 3.63) is 108 Å². The van der Waals surface area contributed by atoms with Gasteiger partial charge in [0.25, 0.3) is 0 Å². The van der Waals surface area contributed by atoms with Crippen LogP contribution in [0.2, 0.25) is 0 Å². The Hall–Kier alpha value is -4.74. The van der Waals surface area contributed by atoms with Gasteiger partial charge in [0, 0.05) is 0 Å². The first kappa shape index (κ1) is 28.4. The van der Waals surface area contributed by atoms with E-state index in [2.05, 4.69) is 0 Å². The first-order chi connectivity index (χ1) is 21.0. The predicted octanol–water partition coefficient (Wildman–Crippen LogP) is 3.73. The van der Waals surface area contributed by atoms with Crippen molar-refractivity contribution in [1.29, 1.82) is 0 Å². The normalized spacial score (nSPS) is 23.7. The summed E-state index contributed by atoms with van der Waals surface area (Å²) in [6.07, 6.45) is -4.45. The Morgan fingerprint density at radius 2 is 1.12 bits per heavy atom. The fraction of sp³-hybridized carbons (Fsp3) is 0.212. The van der Waals surface area contributed by atoms with E-state index in [0.29, 0.717) is 11.5 Å². The lowest BCUT2D eigenvalue weighted by atomic mass is 9.89. The third kappa shape index (κ3) is 6.85. The lowest BCUT2D eigenvalue weighted by Crippen LogP contribution is -2.64. The number of carbonyl (C=O) groups is 2. The van der Waals surface area contributed by atoms with Gasteiger partial charge in [0.2, 0.25) is 0 Å². The molecule has 5 N–H and O–H groups in total. The van der Waals surface area contributed by atoms with Crippen LogP contribution in [0.5, 0.6) is 11.5 Å². The molecule has 10 heteroatoms. The van der Waals surface area contributed by atoms with Crippen molar-refractivity contribution in [2.24, 2.45) is 0 Å². The van der Waals surface area contributed by atoms with Crippen LogP contribution in [0.3, 0.4) is 0 Å². The zero-order chi connectivity index (χ0) is 31.4. The van der Waals surface area contributed by atoms with Gasteiger partial charge in [-0.05, 0) is 70.8 Å². The summed E-state index contributed by atoms with van der Waals surface area (Å²) in [5.74, 6) is -1.24. The monoisotopic (exact) mass is 587 g/mol. The van der Waals surface area contributed by atoms with Crippen LogP contribution in [0.4, 0.5) is 0 Å². The molecule has 43 heavy (non-hydrogen) atoms. The van der Waals surface area contributed by atoms with Crippen LogP contribution < -0.4 is 9.47 Å². The Balaban J connectivity index is 1.15. The minimum Gasteiger partial charge on any atom is -0.491 e. The Kier molecular flexibility index (Phi) is 8.34. The molecule has 0 spiro atoms. The van der Waals surface area contributed by atoms with Crippen molar-refractivity contribution in [2.75, 3.05) is 19.8 Å². The minimum absolute atomic E-state index is 0.175. The van der Waals surface area contributed by atoms with E-state index in [9.17, 15) is 24.9 Å². The average molecular weight is 588 g/mol. The second-order valence-corrected chi connectivity index (χ2v) is 10.1. The van der Waals surface area contributed by atoms with Gasteiger partial charge in [0.05, 0.1) is 19.1 Å². The number of hydrogen-bond acceptors (Lipinski definition) is 8. The van der Waals surface area contributed by atoms with Gasteiger partial charge in [-0.15, -0.1) is 0 Å². The lowest BCUT2D eigenvalue weighted by molar-refractivity contribution is -0.245. The topological polar surface area (TPSA) is 163 Å². The number of aromatic carboxylic acids is 2. The molecule has 1 aliphatic rings. The van der Waals surface area contributed by atoms with Crippen LogP contribution >= 0.6 is 0 Å². The lowest BCUT2D eigenvalue weighted by Gasteiger charge is -2.42. The highest BCUT2D eigenvalue weighted by atomic mass is 16.6. The van der Waals surface area contributed by atoms with Gasteiger partial charge < -0.3 is 39.7 Å². The molecule has 1 fully saturated rings. The molecule has 0 aromatic heterocycles. The summed E-state index contributed by atoms with van der Waals surface area (Å²) in [6, 6.07) is 26.5. The second-order valence-electron chi connectivity index (χ2n) is 10.1. The van der Waals surface area contributed by atoms with Crippen LogP contribution in [0, 0.1) is 0 Å². The third-order valence-corrected chi connectivity index (χ3v) is 7.19. The predicted molar refractivity (Wildman–Crippen MR) is 155 cm³/mol. The molecule has 5 rings (SSSR count). The van der Waals surface area contributed by atoms with E-state index in [1.807, 2.05) is 0 Å². The quantitative estimate of drug-likeness (QED) is 0.185. The number of ether oxygens (including phenoxy) is 3. The van der Waals surface area contributed by atoms with Gasteiger partial charge >= 0.3 is 11.9 Å². The maximum atomic E-state index is 11.1. The number of hydrogen-bond donors (Lipinski definition) is 5. The van der Waals surface area contributed by atoms with Crippen molar-refractivity contribution in [3.8, 4) is 33.8 Å². The summed E-state index contributed by atoms with van der Waals surface area (Å²) in [5, 5.41) is 50.7. The van der Waals surface area contributed by atoms with E-state index >= 15 is 0 Å². The molecule has 4 aromatic rings. The van der Waals surface area contributed by atoms with E-state index < -0.39 is 49.0 Å². The third-order valence-electron chi connectivity index (χ3n) is 7.19. The molecular weight excluding hydrogens is 556 g/mol. The number of rotatable bonds is 10. The number of carboxylic acid groups (broad SMARTS) is 2. The maximum Gasteiger partial charge on any atom is 0.335 e. The molecule has 1 unspecified atom stereocenters. The van der Waals surface area contributed by atoms with Gasteiger partial charge in [-0.2, -0.15) is 0 Å². The smallest absolute Gasteiger partial charge is 0.335 e. The molecule has 4 aromatic carbocycles. The molecule has 0 radical (unpaired) electrons. The van der Waals surface area contributed by atoms with Gasteiger partial charge in [-0.3, -0.25) is 0 Å². The molecule has 222 valence electrons. The summed E-state index contributed by atoms with van der Waals surface area (Å²) in [5.41, 5.74) is 1.37. The first-order valence-electron chi connectivity index (χ1n) is 13.9. The fourth-order valence-corrected chi connectivity index (χ4v) is 4.59. The molecule has 1 aliphatic heterocycles. The number of benzene rings is 4. The molecule has 0 aliphatic carbocycles. The summed E-state index contributed by atoms with van der Waals surface area (Å²) in [6.45, 7) is -2.39. The van der Waals surface area contributed by atoms with E-state index in [1.54, 1.807) is 72.8 Å². The Bertz CT molecular complexity index is 1590. The molecule has 1 saturated heterocycles. The molecular formula is C33H30O10. The van der Waals surface area contributed by atoms with Crippen LogP contribution in [0.25, 0.3) is 22.3 Å². The number of carboxylic acids is 2. The Morgan fingerprint density at radius 1 is 0.721 bits per heavy atom. The highest BCUT2D eigenvalue weighted by Crippen LogP contribution is 2.29. The molecule has 0 saturated carbocycles. The highest BCUT2D eigenvalue weighted by Gasteiger charge is 2.49. The Labute approximate surface area is 248 Å². The van der Waals surface area contributed by atoms with Gasteiger partial charge in [-0.1, -0.05) is 48.5 Å². The van der Waals surface area contributed by atoms with Crippen molar-refractivity contribution in [3.63, 3.8) is 0 Å². The standard InChI is InChI=1S/C33H30O10/c34-29-28(17-41-26-13-9-22(10-14-26)20-1-5-24(6-2-20)31(36)37)43-19-33(40,30(29)35)18-42-27-15-11-23(12-16-27)21-3-7-25(8-4-21)32(38)39/h1-16,28-30,34-35,40H,17-19H2,(H,36,37)(H,38,39)/t28-,29-,30+,33+/m1/s1/i19D/t19?,28-,29-,30+,33+. The van der Waals surface area contributed by atoms with E-state index in [4.69, 9.17) is 25.8 Å². The largest absolute Gasteiger partial charge is 0.491 e. The molecule has 5 atom stereocenters. The maximum absolute atomic E-state index is 11.1. The van der Waals surface area contributed by atoms with Gasteiger partial charge in [-0.25, -0.2) is 9.59 Å². The minimum atomic E-state index is -2.24. The van der Waals surface area contributed by atoms with Crippen molar-refractivity contribution in [1.82, 2.24) is 0 Å². The zero-order valence-electron chi connectivity index (χ0n) is 23.7. The zero-order valence-corrected chi connectivity index (χ0v) is 22.7. The first-order valence-corrected chi connectivity index (χ1v) is 13.3. The summed E-state index contributed by atoms with van der Waals surface area (Å²) in [7, 11) is 0. The van der Waals surface area contributed by atoms with Crippen LogP contribution in [0.1, 0.15) is 22.1 Å². The Morgan fingerprint density at radius 3 is 1.53 bits per heavy atom. The second kappa shape index (κ2) is 12.6. The molecule has 0 amide bonds.